The zero-order valence-corrected chi connectivity index (χ0v) is 12.4. The van der Waals surface area contributed by atoms with Crippen LogP contribution in [0.1, 0.15) is 41.6 Å². The van der Waals surface area contributed by atoms with E-state index in [9.17, 15) is 4.79 Å². The van der Waals surface area contributed by atoms with Crippen LogP contribution in [0.15, 0.2) is 18.2 Å². The lowest BCUT2D eigenvalue weighted by atomic mass is 10.1. The Morgan fingerprint density at radius 1 is 1.37 bits per heavy atom. The molecule has 1 saturated carbocycles. The van der Waals surface area contributed by atoms with Crippen LogP contribution < -0.4 is 10.6 Å². The van der Waals surface area contributed by atoms with Crippen molar-refractivity contribution in [2.24, 2.45) is 0 Å². The smallest absolute Gasteiger partial charge is 0.258 e. The molecule has 102 valence electrons. The van der Waals surface area contributed by atoms with Gasteiger partial charge in [-0.2, -0.15) is 0 Å². The number of carbonyl (C=O) groups excluding carboxylic acids is 1. The lowest BCUT2D eigenvalue weighted by Crippen LogP contribution is -2.43. The largest absolute Gasteiger partial charge is 0.360 e. The molecule has 19 heavy (non-hydrogen) atoms. The van der Waals surface area contributed by atoms with Crippen molar-refractivity contribution in [1.29, 1.82) is 0 Å². The van der Waals surface area contributed by atoms with E-state index >= 15 is 0 Å². The highest BCUT2D eigenvalue weighted by molar-refractivity contribution is 7.80. The first-order chi connectivity index (χ1) is 9.06. The topological polar surface area (TPSA) is 41.1 Å². The molecule has 1 aliphatic carbocycles. The van der Waals surface area contributed by atoms with Crippen molar-refractivity contribution in [2.75, 3.05) is 0 Å². The van der Waals surface area contributed by atoms with Gasteiger partial charge in [0.15, 0.2) is 5.11 Å². The zero-order chi connectivity index (χ0) is 13.8. The Morgan fingerprint density at radius 3 is 2.68 bits per heavy atom. The molecule has 0 unspecified atom stereocenters. The minimum Gasteiger partial charge on any atom is -0.360 e. The summed E-state index contributed by atoms with van der Waals surface area (Å²) in [6, 6.07) is 5.73. The highest BCUT2D eigenvalue weighted by Gasteiger charge is 2.17. The first-order valence-corrected chi connectivity index (χ1v) is 7.23. The number of amides is 1. The molecule has 0 radical (unpaired) electrons. The summed E-state index contributed by atoms with van der Waals surface area (Å²) >= 11 is 11.2. The van der Waals surface area contributed by atoms with Crippen molar-refractivity contribution in [1.82, 2.24) is 10.6 Å². The number of hydrogen-bond acceptors (Lipinski definition) is 2. The Hall–Kier alpha value is -1.13. The second-order valence-corrected chi connectivity index (χ2v) is 5.71. The number of thiocarbonyl (C=S) groups is 1. The van der Waals surface area contributed by atoms with Crippen molar-refractivity contribution >= 4 is 34.8 Å². The van der Waals surface area contributed by atoms with Gasteiger partial charge in [-0.15, -0.1) is 0 Å². The SMILES string of the molecule is Cc1ccc(C(=O)NC(=S)NC2CCCC2)c(Cl)c1. The third kappa shape index (κ3) is 3.91. The molecule has 2 N–H and O–H groups in total. The number of aryl methyl sites for hydroxylation is 1. The highest BCUT2D eigenvalue weighted by Crippen LogP contribution is 2.18. The van der Waals surface area contributed by atoms with Gasteiger partial charge in [-0.25, -0.2) is 0 Å². The van der Waals surface area contributed by atoms with Gasteiger partial charge in [0, 0.05) is 6.04 Å². The summed E-state index contributed by atoms with van der Waals surface area (Å²) in [4.78, 5) is 12.0. The van der Waals surface area contributed by atoms with Crippen LogP contribution in [0.25, 0.3) is 0 Å². The number of rotatable bonds is 2. The lowest BCUT2D eigenvalue weighted by molar-refractivity contribution is 0.0976. The molecule has 0 aliphatic heterocycles. The van der Waals surface area contributed by atoms with Gasteiger partial charge in [0.2, 0.25) is 0 Å². The number of nitrogens with one attached hydrogen (secondary N) is 2. The summed E-state index contributed by atoms with van der Waals surface area (Å²) in [6.45, 7) is 1.93. The maximum Gasteiger partial charge on any atom is 0.258 e. The summed E-state index contributed by atoms with van der Waals surface area (Å²) in [5, 5.41) is 6.68. The van der Waals surface area contributed by atoms with Crippen LogP contribution in [0.4, 0.5) is 0 Å². The predicted octanol–water partition coefficient (Wildman–Crippen LogP) is 3.20. The van der Waals surface area contributed by atoms with Gasteiger partial charge in [-0.3, -0.25) is 10.1 Å². The Balaban J connectivity index is 1.94. The first-order valence-electron chi connectivity index (χ1n) is 6.44. The fourth-order valence-corrected chi connectivity index (χ4v) is 2.85. The number of halogens is 1. The summed E-state index contributed by atoms with van der Waals surface area (Å²) in [6.07, 6.45) is 4.67. The van der Waals surface area contributed by atoms with Crippen molar-refractivity contribution in [3.63, 3.8) is 0 Å². The molecule has 2 rings (SSSR count). The molecule has 0 aromatic heterocycles. The standard InChI is InChI=1S/C14H17ClN2OS/c1-9-6-7-11(12(15)8-9)13(18)17-14(19)16-10-4-2-3-5-10/h6-8,10H,2-5H2,1H3,(H2,16,17,18,19). The fraction of sp³-hybridized carbons (Fsp3) is 0.429. The second-order valence-electron chi connectivity index (χ2n) is 4.89. The van der Waals surface area contributed by atoms with E-state index in [0.29, 0.717) is 21.7 Å². The van der Waals surface area contributed by atoms with Crippen LogP contribution in [-0.4, -0.2) is 17.1 Å². The monoisotopic (exact) mass is 296 g/mol. The third-order valence-electron chi connectivity index (χ3n) is 3.29. The maximum atomic E-state index is 12.0. The van der Waals surface area contributed by atoms with E-state index in [1.54, 1.807) is 12.1 Å². The van der Waals surface area contributed by atoms with E-state index in [1.165, 1.54) is 12.8 Å². The van der Waals surface area contributed by atoms with E-state index in [2.05, 4.69) is 10.6 Å². The summed E-state index contributed by atoms with van der Waals surface area (Å²) in [5.74, 6) is -0.263. The van der Waals surface area contributed by atoms with Gasteiger partial charge in [0.1, 0.15) is 0 Å². The normalized spacial score (nSPS) is 15.3. The van der Waals surface area contributed by atoms with Crippen molar-refractivity contribution in [3.8, 4) is 0 Å². The fourth-order valence-electron chi connectivity index (χ4n) is 2.27. The Labute approximate surface area is 123 Å². The number of hydrogen-bond donors (Lipinski definition) is 2. The minimum atomic E-state index is -0.263. The first kappa shape index (κ1) is 14.3. The Kier molecular flexibility index (Phi) is 4.77. The maximum absolute atomic E-state index is 12.0. The van der Waals surface area contributed by atoms with E-state index in [-0.39, 0.29) is 5.91 Å². The summed E-state index contributed by atoms with van der Waals surface area (Å²) < 4.78 is 0. The highest BCUT2D eigenvalue weighted by atomic mass is 35.5. The van der Waals surface area contributed by atoms with Crippen molar-refractivity contribution in [3.05, 3.63) is 34.3 Å². The molecule has 0 spiro atoms. The Morgan fingerprint density at radius 2 is 2.05 bits per heavy atom. The molecule has 0 heterocycles. The van der Waals surface area contributed by atoms with Gasteiger partial charge in [-0.05, 0) is 49.7 Å². The molecule has 1 aromatic rings. The van der Waals surface area contributed by atoms with Gasteiger partial charge < -0.3 is 5.32 Å². The van der Waals surface area contributed by atoms with Crippen molar-refractivity contribution in [2.45, 2.75) is 38.6 Å². The molecular weight excluding hydrogens is 280 g/mol. The van der Waals surface area contributed by atoms with Crippen LogP contribution in [0.5, 0.6) is 0 Å². The van der Waals surface area contributed by atoms with Crippen LogP contribution in [0, 0.1) is 6.92 Å². The molecule has 5 heteroatoms. The van der Waals surface area contributed by atoms with Crippen LogP contribution in [-0.2, 0) is 0 Å². The number of carbonyl (C=O) groups is 1. The zero-order valence-electron chi connectivity index (χ0n) is 10.8. The molecule has 1 aliphatic rings. The minimum absolute atomic E-state index is 0.263. The Bertz CT molecular complexity index is 498. The van der Waals surface area contributed by atoms with Crippen LogP contribution in [0.3, 0.4) is 0 Å². The molecule has 3 nitrogen and oxygen atoms in total. The average Bonchev–Trinajstić information content (AvgIpc) is 2.81. The van der Waals surface area contributed by atoms with E-state index in [4.69, 9.17) is 23.8 Å². The number of benzene rings is 1. The molecule has 0 saturated heterocycles. The molecule has 0 atom stereocenters. The summed E-state index contributed by atoms with van der Waals surface area (Å²) in [7, 11) is 0. The van der Waals surface area contributed by atoms with E-state index < -0.39 is 0 Å². The lowest BCUT2D eigenvalue weighted by Gasteiger charge is -2.15. The van der Waals surface area contributed by atoms with Gasteiger partial charge in [0.25, 0.3) is 5.91 Å². The molecular formula is C14H17ClN2OS. The van der Waals surface area contributed by atoms with Crippen LogP contribution >= 0.6 is 23.8 Å². The molecule has 0 bridgehead atoms. The van der Waals surface area contributed by atoms with Crippen molar-refractivity contribution < 1.29 is 4.79 Å². The third-order valence-corrected chi connectivity index (χ3v) is 3.82. The average molecular weight is 297 g/mol. The van der Waals surface area contributed by atoms with Gasteiger partial charge >= 0.3 is 0 Å². The molecule has 1 fully saturated rings. The second kappa shape index (κ2) is 6.35. The molecule has 1 aromatic carbocycles. The quantitative estimate of drug-likeness (QED) is 0.824. The van der Waals surface area contributed by atoms with Gasteiger partial charge in [-0.1, -0.05) is 30.5 Å². The van der Waals surface area contributed by atoms with Crippen LogP contribution in [0.2, 0.25) is 5.02 Å². The predicted molar refractivity (Wildman–Crippen MR) is 81.6 cm³/mol. The summed E-state index contributed by atoms with van der Waals surface area (Å²) in [5.41, 5.74) is 1.47. The van der Waals surface area contributed by atoms with E-state index in [1.807, 2.05) is 13.0 Å². The van der Waals surface area contributed by atoms with Gasteiger partial charge in [0.05, 0.1) is 10.6 Å². The molecule has 1 amide bonds. The van der Waals surface area contributed by atoms with E-state index in [0.717, 1.165) is 18.4 Å².